The molecule has 0 spiro atoms. The highest BCUT2D eigenvalue weighted by atomic mass is 32.2. The minimum Gasteiger partial charge on any atom is -0.392 e. The summed E-state index contributed by atoms with van der Waals surface area (Å²) in [4.78, 5) is -0.0109. The molecule has 18 heavy (non-hydrogen) atoms. The molecule has 0 amide bonds. The molecule has 0 aliphatic carbocycles. The van der Waals surface area contributed by atoms with E-state index < -0.39 is 21.9 Å². The van der Waals surface area contributed by atoms with Gasteiger partial charge in [0.1, 0.15) is 5.82 Å². The molecule has 0 fully saturated rings. The van der Waals surface area contributed by atoms with Gasteiger partial charge in [0, 0.05) is 7.05 Å². The van der Waals surface area contributed by atoms with Crippen LogP contribution >= 0.6 is 12.2 Å². The Labute approximate surface area is 112 Å². The Balaban J connectivity index is 3.29. The van der Waals surface area contributed by atoms with E-state index in [9.17, 15) is 12.8 Å². The van der Waals surface area contributed by atoms with Crippen molar-refractivity contribution >= 4 is 27.2 Å². The van der Waals surface area contributed by atoms with Gasteiger partial charge in [0.05, 0.1) is 15.9 Å². The third kappa shape index (κ3) is 2.85. The van der Waals surface area contributed by atoms with Crippen molar-refractivity contribution in [2.75, 3.05) is 7.05 Å². The number of halogens is 1. The number of benzene rings is 1. The van der Waals surface area contributed by atoms with E-state index in [2.05, 4.69) is 0 Å². The number of hydrogen-bond donors (Lipinski definition) is 1. The summed E-state index contributed by atoms with van der Waals surface area (Å²) >= 11 is 4.77. The molecule has 0 bridgehead atoms. The predicted molar refractivity (Wildman–Crippen MR) is 72.3 cm³/mol. The average Bonchev–Trinajstić information content (AvgIpc) is 2.29. The molecule has 0 aliphatic heterocycles. The summed E-state index contributed by atoms with van der Waals surface area (Å²) in [5.41, 5.74) is 5.90. The van der Waals surface area contributed by atoms with E-state index in [-0.39, 0.29) is 9.88 Å². The molecule has 0 aliphatic rings. The molecule has 1 rings (SSSR count). The minimum absolute atomic E-state index is 0.0649. The van der Waals surface area contributed by atoms with Gasteiger partial charge in [-0.1, -0.05) is 18.3 Å². The van der Waals surface area contributed by atoms with Crippen LogP contribution in [0, 0.1) is 12.7 Å². The summed E-state index contributed by atoms with van der Waals surface area (Å²) in [5.74, 6) is -0.601. The van der Waals surface area contributed by atoms with Crippen LogP contribution in [0.3, 0.4) is 0 Å². The van der Waals surface area contributed by atoms with Crippen molar-refractivity contribution in [2.24, 2.45) is 5.73 Å². The molecule has 0 saturated carbocycles. The number of nitrogens with two attached hydrogens (primary N) is 1. The number of likely N-dealkylation sites (N-methyl/N-ethyl adjacent to an activating group) is 1. The average molecular weight is 290 g/mol. The van der Waals surface area contributed by atoms with E-state index in [4.69, 9.17) is 18.0 Å². The van der Waals surface area contributed by atoms with E-state index >= 15 is 0 Å². The van der Waals surface area contributed by atoms with Gasteiger partial charge in [-0.3, -0.25) is 0 Å². The van der Waals surface area contributed by atoms with E-state index in [1.54, 1.807) is 13.8 Å². The maximum Gasteiger partial charge on any atom is 0.243 e. The van der Waals surface area contributed by atoms with E-state index in [0.29, 0.717) is 5.56 Å². The normalized spacial score (nSPS) is 13.6. The number of aryl methyl sites for hydroxylation is 1. The first kappa shape index (κ1) is 15.0. The molecular formula is C11H15FN2O2S2. The van der Waals surface area contributed by atoms with Gasteiger partial charge in [0.15, 0.2) is 0 Å². The molecule has 4 nitrogen and oxygen atoms in total. The van der Waals surface area contributed by atoms with Crippen molar-refractivity contribution in [3.8, 4) is 0 Å². The second-order valence-electron chi connectivity index (χ2n) is 4.01. The standard InChI is InChI=1S/C11H15FN2O2S2/c1-7-4-5-9(12)6-10(7)18(15,16)14(3)8(2)11(13)17/h4-6,8H,1-3H3,(H2,13,17). The highest BCUT2D eigenvalue weighted by molar-refractivity contribution is 7.89. The topological polar surface area (TPSA) is 63.4 Å². The molecule has 0 saturated heterocycles. The summed E-state index contributed by atoms with van der Waals surface area (Å²) in [6.45, 7) is 3.18. The molecular weight excluding hydrogens is 275 g/mol. The largest absolute Gasteiger partial charge is 0.392 e. The second-order valence-corrected chi connectivity index (χ2v) is 6.45. The fourth-order valence-electron chi connectivity index (χ4n) is 1.39. The Hall–Kier alpha value is -1.05. The Morgan fingerprint density at radius 2 is 2.06 bits per heavy atom. The van der Waals surface area contributed by atoms with Crippen molar-refractivity contribution in [3.05, 3.63) is 29.6 Å². The monoisotopic (exact) mass is 290 g/mol. The lowest BCUT2D eigenvalue weighted by Crippen LogP contribution is -2.42. The molecule has 2 N–H and O–H groups in total. The van der Waals surface area contributed by atoms with Crippen molar-refractivity contribution in [1.82, 2.24) is 4.31 Å². The number of hydrogen-bond acceptors (Lipinski definition) is 3. The van der Waals surface area contributed by atoms with Gasteiger partial charge < -0.3 is 5.73 Å². The summed E-state index contributed by atoms with van der Waals surface area (Å²) in [5, 5.41) is 0. The van der Waals surface area contributed by atoms with Crippen LogP contribution in [0.25, 0.3) is 0 Å². The smallest absolute Gasteiger partial charge is 0.243 e. The van der Waals surface area contributed by atoms with E-state index in [1.165, 1.54) is 19.2 Å². The molecule has 0 aromatic heterocycles. The van der Waals surface area contributed by atoms with Crippen LogP contribution in [0.5, 0.6) is 0 Å². The molecule has 1 atom stereocenters. The van der Waals surface area contributed by atoms with Gasteiger partial charge in [0.25, 0.3) is 0 Å². The molecule has 1 aromatic carbocycles. The van der Waals surface area contributed by atoms with Crippen molar-refractivity contribution < 1.29 is 12.8 Å². The lowest BCUT2D eigenvalue weighted by Gasteiger charge is -2.24. The van der Waals surface area contributed by atoms with Crippen LogP contribution in [0.4, 0.5) is 4.39 Å². The quantitative estimate of drug-likeness (QED) is 0.852. The first-order valence-electron chi connectivity index (χ1n) is 5.21. The Bertz CT molecular complexity index is 572. The second kappa shape index (κ2) is 5.29. The number of nitrogens with zero attached hydrogens (tertiary/aromatic N) is 1. The van der Waals surface area contributed by atoms with E-state index in [0.717, 1.165) is 10.4 Å². The first-order valence-corrected chi connectivity index (χ1v) is 7.06. The SMILES string of the molecule is Cc1ccc(F)cc1S(=O)(=O)N(C)C(C)C(N)=S. The molecule has 1 aromatic rings. The lowest BCUT2D eigenvalue weighted by atomic mass is 10.2. The molecule has 100 valence electrons. The van der Waals surface area contributed by atoms with Crippen LogP contribution in [0.1, 0.15) is 12.5 Å². The molecule has 1 unspecified atom stereocenters. The summed E-state index contributed by atoms with van der Waals surface area (Å²) in [6.07, 6.45) is 0. The molecule has 0 radical (unpaired) electrons. The van der Waals surface area contributed by atoms with Crippen LogP contribution in [-0.4, -0.2) is 30.8 Å². The Morgan fingerprint density at radius 3 is 2.56 bits per heavy atom. The van der Waals surface area contributed by atoms with Crippen molar-refractivity contribution in [2.45, 2.75) is 24.8 Å². The zero-order valence-electron chi connectivity index (χ0n) is 10.3. The Kier molecular flexibility index (Phi) is 4.41. The highest BCUT2D eigenvalue weighted by Crippen LogP contribution is 2.21. The van der Waals surface area contributed by atoms with Crippen LogP contribution in [0.2, 0.25) is 0 Å². The zero-order valence-corrected chi connectivity index (χ0v) is 12.0. The first-order chi connectivity index (χ1) is 8.17. The van der Waals surface area contributed by atoms with Crippen LogP contribution in [-0.2, 0) is 10.0 Å². The summed E-state index contributed by atoms with van der Waals surface area (Å²) in [6, 6.07) is 2.99. The van der Waals surface area contributed by atoms with Crippen LogP contribution in [0.15, 0.2) is 23.1 Å². The fourth-order valence-corrected chi connectivity index (χ4v) is 3.20. The zero-order chi connectivity index (χ0) is 14.1. The van der Waals surface area contributed by atoms with Gasteiger partial charge in [-0.2, -0.15) is 4.31 Å². The maximum absolute atomic E-state index is 13.2. The number of sulfonamides is 1. The Morgan fingerprint density at radius 1 is 1.50 bits per heavy atom. The lowest BCUT2D eigenvalue weighted by molar-refractivity contribution is 0.450. The summed E-state index contributed by atoms with van der Waals surface area (Å²) < 4.78 is 38.8. The van der Waals surface area contributed by atoms with Crippen molar-refractivity contribution in [3.63, 3.8) is 0 Å². The number of rotatable bonds is 4. The minimum atomic E-state index is -3.81. The van der Waals surface area contributed by atoms with E-state index in [1.807, 2.05) is 0 Å². The highest BCUT2D eigenvalue weighted by Gasteiger charge is 2.28. The van der Waals surface area contributed by atoms with Crippen molar-refractivity contribution in [1.29, 1.82) is 0 Å². The molecule has 7 heteroatoms. The third-order valence-electron chi connectivity index (χ3n) is 2.76. The van der Waals surface area contributed by atoms with Gasteiger partial charge in [-0.05, 0) is 31.5 Å². The number of thiocarbonyl (C=S) groups is 1. The maximum atomic E-state index is 13.2. The summed E-state index contributed by atoms with van der Waals surface area (Å²) in [7, 11) is -2.45. The predicted octanol–water partition coefficient (Wildman–Crippen LogP) is 1.43. The van der Waals surface area contributed by atoms with Crippen LogP contribution < -0.4 is 5.73 Å². The van der Waals surface area contributed by atoms with Gasteiger partial charge in [-0.15, -0.1) is 0 Å². The van der Waals surface area contributed by atoms with Gasteiger partial charge >= 0.3 is 0 Å². The molecule has 0 heterocycles. The third-order valence-corrected chi connectivity index (χ3v) is 5.18. The van der Waals surface area contributed by atoms with Gasteiger partial charge in [-0.25, -0.2) is 12.8 Å². The van der Waals surface area contributed by atoms with Gasteiger partial charge in [0.2, 0.25) is 10.0 Å². The fraction of sp³-hybridized carbons (Fsp3) is 0.364.